The topological polar surface area (TPSA) is 23.8 Å². The Bertz CT molecular complexity index is 144. The largest absolute Gasteiger partial charge is 0.198 e. The van der Waals surface area contributed by atoms with Crippen LogP contribution in [0.25, 0.3) is 0 Å². The minimum Gasteiger partial charge on any atom is -0.198 e. The van der Waals surface area contributed by atoms with Gasteiger partial charge in [0.2, 0.25) is 0 Å². The molecule has 0 saturated heterocycles. The summed E-state index contributed by atoms with van der Waals surface area (Å²) in [4.78, 5) is 0. The second kappa shape index (κ2) is 4.97. The molecule has 1 nitrogen and oxygen atoms in total. The molecule has 1 aliphatic rings. The zero-order valence-electron chi connectivity index (χ0n) is 6.72. The number of hydrogen-bond acceptors (Lipinski definition) is 1. The smallest absolute Gasteiger partial charge is 0.0621 e. The molecule has 2 heteroatoms. The summed E-state index contributed by atoms with van der Waals surface area (Å²) in [5.41, 5.74) is 0. The van der Waals surface area contributed by atoms with E-state index in [1.54, 1.807) is 0 Å². The lowest BCUT2D eigenvalue weighted by Crippen LogP contribution is -2.24. The molecule has 1 rings (SSSR count). The Hall–Kier alpha value is 0.220. The highest BCUT2D eigenvalue weighted by atomic mass is 127. The fraction of sp³-hybridized carbons (Fsp3) is 0.889. The van der Waals surface area contributed by atoms with Crippen molar-refractivity contribution in [2.75, 3.05) is 4.43 Å². The van der Waals surface area contributed by atoms with E-state index in [1.807, 2.05) is 0 Å². The molecule has 1 fully saturated rings. The van der Waals surface area contributed by atoms with Crippen LogP contribution in [0.2, 0.25) is 0 Å². The van der Waals surface area contributed by atoms with Gasteiger partial charge in [-0.15, -0.1) is 0 Å². The molecule has 11 heavy (non-hydrogen) atoms. The van der Waals surface area contributed by atoms with Gasteiger partial charge in [-0.1, -0.05) is 22.6 Å². The van der Waals surface area contributed by atoms with Crippen LogP contribution in [0.4, 0.5) is 0 Å². The molecule has 0 aromatic carbocycles. The van der Waals surface area contributed by atoms with E-state index in [4.69, 9.17) is 5.26 Å². The second-order valence-corrected chi connectivity index (χ2v) is 4.29. The quantitative estimate of drug-likeness (QED) is 0.434. The Balaban J connectivity index is 1.93. The first-order chi connectivity index (χ1) is 5.36. The Morgan fingerprint density at radius 3 is 2.64 bits per heavy atom. The molecule has 0 unspecified atom stereocenters. The molecule has 0 aromatic heterocycles. The minimum absolute atomic E-state index is 0.755. The molecule has 1 aliphatic carbocycles. The third-order valence-corrected chi connectivity index (χ3v) is 3.70. The third kappa shape index (κ3) is 2.98. The highest BCUT2D eigenvalue weighted by Crippen LogP contribution is 2.37. The minimum atomic E-state index is 0.755. The maximum atomic E-state index is 8.32. The lowest BCUT2D eigenvalue weighted by Gasteiger charge is -2.34. The normalized spacial score (nSPS) is 29.1. The molecule has 0 bridgehead atoms. The summed E-state index contributed by atoms with van der Waals surface area (Å²) in [6.45, 7) is 0. The number of alkyl halides is 1. The summed E-state index contributed by atoms with van der Waals surface area (Å²) in [5, 5.41) is 8.32. The van der Waals surface area contributed by atoms with E-state index in [1.165, 1.54) is 23.7 Å². The number of nitriles is 1. The number of unbranched alkanes of at least 4 members (excludes halogenated alkanes) is 1. The summed E-state index contributed by atoms with van der Waals surface area (Å²) in [6.07, 6.45) is 6.02. The number of nitrogens with zero attached hydrogens (tertiary/aromatic N) is 1. The second-order valence-electron chi connectivity index (χ2n) is 3.41. The molecule has 0 heterocycles. The highest BCUT2D eigenvalue weighted by molar-refractivity contribution is 14.1. The zero-order valence-corrected chi connectivity index (χ0v) is 8.88. The molecule has 62 valence electrons. The molecule has 0 radical (unpaired) electrons. The van der Waals surface area contributed by atoms with E-state index in [0.717, 1.165) is 24.7 Å². The van der Waals surface area contributed by atoms with E-state index >= 15 is 0 Å². The van der Waals surface area contributed by atoms with E-state index in [2.05, 4.69) is 28.7 Å². The van der Waals surface area contributed by atoms with Crippen molar-refractivity contribution in [2.45, 2.75) is 32.1 Å². The first-order valence-electron chi connectivity index (χ1n) is 4.29. The first-order valence-corrected chi connectivity index (χ1v) is 5.82. The molecule has 0 atom stereocenters. The highest BCUT2D eigenvalue weighted by Gasteiger charge is 2.26. The van der Waals surface area contributed by atoms with Crippen molar-refractivity contribution in [2.24, 2.45) is 11.8 Å². The van der Waals surface area contributed by atoms with Crippen LogP contribution in [0.1, 0.15) is 32.1 Å². The van der Waals surface area contributed by atoms with Crippen LogP contribution >= 0.6 is 22.6 Å². The molecule has 0 aromatic rings. The van der Waals surface area contributed by atoms with Gasteiger partial charge in [-0.2, -0.15) is 5.26 Å². The number of halogens is 1. The van der Waals surface area contributed by atoms with Crippen molar-refractivity contribution in [3.05, 3.63) is 0 Å². The third-order valence-electron chi connectivity index (χ3n) is 2.45. The SMILES string of the molecule is N#CCCCC1CC(CI)C1. The fourth-order valence-corrected chi connectivity index (χ4v) is 2.42. The predicted molar refractivity (Wildman–Crippen MR) is 54.6 cm³/mol. The van der Waals surface area contributed by atoms with E-state index in [0.29, 0.717) is 0 Å². The average Bonchev–Trinajstić information content (AvgIpc) is 1.94. The Morgan fingerprint density at radius 2 is 2.09 bits per heavy atom. The molecular formula is C9H14IN. The van der Waals surface area contributed by atoms with E-state index < -0.39 is 0 Å². The van der Waals surface area contributed by atoms with Gasteiger partial charge in [-0.3, -0.25) is 0 Å². The van der Waals surface area contributed by atoms with Crippen LogP contribution in [0, 0.1) is 23.2 Å². The molecular weight excluding hydrogens is 249 g/mol. The molecule has 0 N–H and O–H groups in total. The molecule has 0 aliphatic heterocycles. The average molecular weight is 263 g/mol. The molecule has 1 saturated carbocycles. The van der Waals surface area contributed by atoms with Gasteiger partial charge in [0.15, 0.2) is 0 Å². The lowest BCUT2D eigenvalue weighted by atomic mass is 9.74. The summed E-state index contributed by atoms with van der Waals surface area (Å²) < 4.78 is 1.33. The van der Waals surface area contributed by atoms with Gasteiger partial charge >= 0.3 is 0 Å². The number of rotatable bonds is 4. The van der Waals surface area contributed by atoms with Gasteiger partial charge in [-0.25, -0.2) is 0 Å². The summed E-state index contributed by atoms with van der Waals surface area (Å²) in [5.74, 6) is 1.96. The van der Waals surface area contributed by atoms with Crippen LogP contribution in [0.3, 0.4) is 0 Å². The summed E-state index contributed by atoms with van der Waals surface area (Å²) in [6, 6.07) is 2.19. The van der Waals surface area contributed by atoms with Crippen LogP contribution in [-0.4, -0.2) is 4.43 Å². The van der Waals surface area contributed by atoms with Crippen molar-refractivity contribution in [3.63, 3.8) is 0 Å². The first kappa shape index (κ1) is 9.31. The Morgan fingerprint density at radius 1 is 1.36 bits per heavy atom. The van der Waals surface area contributed by atoms with Gasteiger partial charge < -0.3 is 0 Å². The molecule has 0 spiro atoms. The number of hydrogen-bond donors (Lipinski definition) is 0. The van der Waals surface area contributed by atoms with Crippen molar-refractivity contribution < 1.29 is 0 Å². The summed E-state index contributed by atoms with van der Waals surface area (Å²) >= 11 is 2.47. The van der Waals surface area contributed by atoms with Gasteiger partial charge in [-0.05, 0) is 37.5 Å². The van der Waals surface area contributed by atoms with Gasteiger partial charge in [0.1, 0.15) is 0 Å². The van der Waals surface area contributed by atoms with E-state index in [-0.39, 0.29) is 0 Å². The van der Waals surface area contributed by atoms with Crippen molar-refractivity contribution >= 4 is 22.6 Å². The zero-order chi connectivity index (χ0) is 8.10. The maximum absolute atomic E-state index is 8.32. The van der Waals surface area contributed by atoms with Crippen LogP contribution in [0.5, 0.6) is 0 Å². The monoisotopic (exact) mass is 263 g/mol. The van der Waals surface area contributed by atoms with Crippen molar-refractivity contribution in [1.82, 2.24) is 0 Å². The standard InChI is InChI=1S/C9H14IN/c10-7-9-5-8(6-9)3-1-2-4-11/h8-9H,1-3,5-7H2. The van der Waals surface area contributed by atoms with Crippen molar-refractivity contribution in [3.8, 4) is 6.07 Å². The van der Waals surface area contributed by atoms with Crippen LogP contribution in [-0.2, 0) is 0 Å². The van der Waals surface area contributed by atoms with Crippen LogP contribution in [0.15, 0.2) is 0 Å². The fourth-order valence-electron chi connectivity index (χ4n) is 1.71. The van der Waals surface area contributed by atoms with E-state index in [9.17, 15) is 0 Å². The van der Waals surface area contributed by atoms with Gasteiger partial charge in [0.25, 0.3) is 0 Å². The molecule has 0 amide bonds. The van der Waals surface area contributed by atoms with Crippen molar-refractivity contribution in [1.29, 1.82) is 5.26 Å². The van der Waals surface area contributed by atoms with Gasteiger partial charge in [0, 0.05) is 10.8 Å². The Labute approximate surface area is 82.3 Å². The Kier molecular flexibility index (Phi) is 4.21. The predicted octanol–water partition coefficient (Wildman–Crippen LogP) is 3.14. The van der Waals surface area contributed by atoms with Crippen LogP contribution < -0.4 is 0 Å². The van der Waals surface area contributed by atoms with Gasteiger partial charge in [0.05, 0.1) is 6.07 Å². The maximum Gasteiger partial charge on any atom is 0.0621 e. The summed E-state index contributed by atoms with van der Waals surface area (Å²) in [7, 11) is 0. The lowest BCUT2D eigenvalue weighted by molar-refractivity contribution is 0.204.